The molecule has 1 aliphatic rings. The van der Waals surface area contributed by atoms with Gasteiger partial charge in [-0.25, -0.2) is 4.39 Å². The molecule has 0 spiro atoms. The van der Waals surface area contributed by atoms with Crippen molar-refractivity contribution in [2.45, 2.75) is 45.6 Å². The second-order valence-electron chi connectivity index (χ2n) is 5.69. The maximum absolute atomic E-state index is 13.4. The Morgan fingerprint density at radius 2 is 2.32 bits per heavy atom. The van der Waals surface area contributed by atoms with Crippen LogP contribution < -0.4 is 0 Å². The van der Waals surface area contributed by atoms with Gasteiger partial charge in [0.1, 0.15) is 5.82 Å². The summed E-state index contributed by atoms with van der Waals surface area (Å²) >= 11 is 0. The highest BCUT2D eigenvalue weighted by atomic mass is 19.1. The molecule has 0 aromatic heterocycles. The molecule has 3 heteroatoms. The third-order valence-corrected chi connectivity index (χ3v) is 4.51. The van der Waals surface area contributed by atoms with Crippen molar-refractivity contribution in [1.29, 1.82) is 5.26 Å². The van der Waals surface area contributed by atoms with Crippen molar-refractivity contribution in [2.75, 3.05) is 0 Å². The van der Waals surface area contributed by atoms with Crippen LogP contribution in [-0.4, -0.2) is 5.11 Å². The number of rotatable bonds is 3. The van der Waals surface area contributed by atoms with Crippen molar-refractivity contribution in [2.24, 2.45) is 11.3 Å². The molecule has 0 aliphatic heterocycles. The largest absolute Gasteiger partial charge is 0.387 e. The van der Waals surface area contributed by atoms with Crippen LogP contribution in [0.3, 0.4) is 0 Å². The molecule has 0 bridgehead atoms. The number of benzene rings is 1. The minimum absolute atomic E-state index is 0.363. The van der Waals surface area contributed by atoms with Crippen LogP contribution in [-0.2, 0) is 0 Å². The van der Waals surface area contributed by atoms with E-state index in [0.29, 0.717) is 24.3 Å². The van der Waals surface area contributed by atoms with Crippen LogP contribution >= 0.6 is 0 Å². The molecule has 2 nitrogen and oxygen atoms in total. The zero-order valence-electron chi connectivity index (χ0n) is 11.5. The van der Waals surface area contributed by atoms with Gasteiger partial charge < -0.3 is 5.11 Å². The first-order valence-corrected chi connectivity index (χ1v) is 6.88. The van der Waals surface area contributed by atoms with Crippen molar-refractivity contribution in [3.63, 3.8) is 0 Å². The summed E-state index contributed by atoms with van der Waals surface area (Å²) in [5, 5.41) is 20.1. The van der Waals surface area contributed by atoms with Crippen LogP contribution in [0, 0.1) is 35.4 Å². The van der Waals surface area contributed by atoms with E-state index in [2.05, 4.69) is 13.0 Å². The molecule has 3 unspecified atom stereocenters. The molecule has 3 atom stereocenters. The van der Waals surface area contributed by atoms with E-state index >= 15 is 0 Å². The first kappa shape index (κ1) is 14.0. The lowest BCUT2D eigenvalue weighted by Gasteiger charge is -2.29. The van der Waals surface area contributed by atoms with Crippen molar-refractivity contribution in [3.8, 4) is 6.07 Å². The van der Waals surface area contributed by atoms with E-state index in [-0.39, 0.29) is 5.82 Å². The second kappa shape index (κ2) is 5.30. The molecule has 0 saturated heterocycles. The second-order valence-corrected chi connectivity index (χ2v) is 5.69. The summed E-state index contributed by atoms with van der Waals surface area (Å²) in [4.78, 5) is 0. The predicted octanol–water partition coefficient (Wildman–Crippen LogP) is 3.89. The molecule has 0 heterocycles. The van der Waals surface area contributed by atoms with Gasteiger partial charge in [0, 0.05) is 0 Å². The average Bonchev–Trinajstić information content (AvgIpc) is 2.85. The third kappa shape index (κ3) is 2.50. The molecule has 102 valence electrons. The number of halogens is 1. The van der Waals surface area contributed by atoms with Gasteiger partial charge >= 0.3 is 0 Å². The molecular weight excluding hydrogens is 241 g/mol. The molecule has 0 amide bonds. The van der Waals surface area contributed by atoms with E-state index in [4.69, 9.17) is 0 Å². The average molecular weight is 261 g/mol. The van der Waals surface area contributed by atoms with Crippen LogP contribution in [0.25, 0.3) is 0 Å². The molecule has 1 saturated carbocycles. The molecule has 1 aromatic rings. The fraction of sp³-hybridized carbons (Fsp3) is 0.562. The van der Waals surface area contributed by atoms with Crippen LogP contribution in [0.2, 0.25) is 0 Å². The van der Waals surface area contributed by atoms with Gasteiger partial charge in [0.05, 0.1) is 17.6 Å². The van der Waals surface area contributed by atoms with Gasteiger partial charge in [-0.1, -0.05) is 19.4 Å². The molecule has 2 rings (SSSR count). The van der Waals surface area contributed by atoms with Gasteiger partial charge in [0.15, 0.2) is 0 Å². The molecule has 1 N–H and O–H groups in total. The number of nitriles is 1. The number of aryl methyl sites for hydroxylation is 1. The Hall–Kier alpha value is -1.40. The van der Waals surface area contributed by atoms with E-state index in [0.717, 1.165) is 18.4 Å². The SMILES string of the molecule is CCC1CCC(C#N)(C(O)c2cc(F)ccc2C)C1. The monoisotopic (exact) mass is 261 g/mol. The minimum Gasteiger partial charge on any atom is -0.387 e. The maximum atomic E-state index is 13.4. The zero-order chi connectivity index (χ0) is 14.0. The van der Waals surface area contributed by atoms with Gasteiger partial charge in [0.25, 0.3) is 0 Å². The summed E-state index contributed by atoms with van der Waals surface area (Å²) in [6, 6.07) is 6.71. The Morgan fingerprint density at radius 3 is 2.89 bits per heavy atom. The van der Waals surface area contributed by atoms with E-state index in [1.807, 2.05) is 6.92 Å². The minimum atomic E-state index is -0.898. The molecule has 1 fully saturated rings. The molecule has 1 aliphatic carbocycles. The lowest BCUT2D eigenvalue weighted by atomic mass is 9.77. The third-order valence-electron chi connectivity index (χ3n) is 4.51. The fourth-order valence-electron chi connectivity index (χ4n) is 3.14. The van der Waals surface area contributed by atoms with Gasteiger partial charge in [0.2, 0.25) is 0 Å². The number of aliphatic hydroxyl groups is 1. The maximum Gasteiger partial charge on any atom is 0.123 e. The van der Waals surface area contributed by atoms with E-state index in [1.165, 1.54) is 12.1 Å². The first-order chi connectivity index (χ1) is 9.02. The molecule has 1 aromatic carbocycles. The summed E-state index contributed by atoms with van der Waals surface area (Å²) < 4.78 is 13.4. The summed E-state index contributed by atoms with van der Waals surface area (Å²) in [5.41, 5.74) is 0.640. The highest BCUT2D eigenvalue weighted by Crippen LogP contribution is 2.50. The topological polar surface area (TPSA) is 44.0 Å². The summed E-state index contributed by atoms with van der Waals surface area (Å²) in [6.45, 7) is 3.95. The van der Waals surface area contributed by atoms with Gasteiger partial charge in [-0.2, -0.15) is 5.26 Å². The molecule has 0 radical (unpaired) electrons. The predicted molar refractivity (Wildman–Crippen MR) is 71.8 cm³/mol. The normalized spacial score (nSPS) is 28.1. The highest BCUT2D eigenvalue weighted by Gasteiger charge is 2.45. The summed E-state index contributed by atoms with van der Waals surface area (Å²) in [7, 11) is 0. The Morgan fingerprint density at radius 1 is 1.58 bits per heavy atom. The van der Waals surface area contributed by atoms with E-state index in [9.17, 15) is 14.8 Å². The lowest BCUT2D eigenvalue weighted by Crippen LogP contribution is -2.25. The fourth-order valence-corrected chi connectivity index (χ4v) is 3.14. The molecule has 19 heavy (non-hydrogen) atoms. The van der Waals surface area contributed by atoms with Crippen molar-refractivity contribution in [3.05, 3.63) is 35.1 Å². The van der Waals surface area contributed by atoms with Crippen LogP contribution in [0.5, 0.6) is 0 Å². The van der Waals surface area contributed by atoms with E-state index in [1.54, 1.807) is 6.07 Å². The number of hydrogen-bond donors (Lipinski definition) is 1. The van der Waals surface area contributed by atoms with Gasteiger partial charge in [-0.05, 0) is 55.4 Å². The van der Waals surface area contributed by atoms with Gasteiger partial charge in [-0.15, -0.1) is 0 Å². The van der Waals surface area contributed by atoms with Crippen molar-refractivity contribution < 1.29 is 9.50 Å². The Balaban J connectivity index is 2.34. The molecular formula is C16H20FNO. The quantitative estimate of drug-likeness (QED) is 0.897. The van der Waals surface area contributed by atoms with Gasteiger partial charge in [-0.3, -0.25) is 0 Å². The number of aliphatic hydroxyl groups excluding tert-OH is 1. The van der Waals surface area contributed by atoms with E-state index < -0.39 is 11.5 Å². The van der Waals surface area contributed by atoms with Crippen molar-refractivity contribution >= 4 is 0 Å². The lowest BCUT2D eigenvalue weighted by molar-refractivity contribution is 0.0633. The highest BCUT2D eigenvalue weighted by molar-refractivity contribution is 5.32. The number of hydrogen-bond acceptors (Lipinski definition) is 2. The summed E-state index contributed by atoms with van der Waals surface area (Å²) in [6.07, 6.45) is 2.49. The first-order valence-electron chi connectivity index (χ1n) is 6.88. The Bertz CT molecular complexity index is 508. The van der Waals surface area contributed by atoms with Crippen molar-refractivity contribution in [1.82, 2.24) is 0 Å². The van der Waals surface area contributed by atoms with Crippen LogP contribution in [0.15, 0.2) is 18.2 Å². The Kier molecular flexibility index (Phi) is 3.91. The zero-order valence-corrected chi connectivity index (χ0v) is 11.5. The number of nitrogens with zero attached hydrogens (tertiary/aromatic N) is 1. The van der Waals surface area contributed by atoms with Crippen LogP contribution in [0.4, 0.5) is 4.39 Å². The smallest absolute Gasteiger partial charge is 0.123 e. The Labute approximate surface area is 113 Å². The standard InChI is InChI=1S/C16H20FNO/c1-3-12-6-7-16(9-12,10-18)15(19)14-8-13(17)5-4-11(14)2/h4-5,8,12,15,19H,3,6-7,9H2,1-2H3. The summed E-state index contributed by atoms with van der Waals surface area (Å²) in [5.74, 6) is 0.126. The van der Waals surface area contributed by atoms with Crippen LogP contribution in [0.1, 0.15) is 49.8 Å².